The van der Waals surface area contributed by atoms with Gasteiger partial charge in [0.15, 0.2) is 0 Å². The summed E-state index contributed by atoms with van der Waals surface area (Å²) in [5.41, 5.74) is -0.430. The zero-order valence-corrected chi connectivity index (χ0v) is 11.9. The molecule has 0 aromatic rings. The van der Waals surface area contributed by atoms with Gasteiger partial charge in [0.25, 0.3) is 0 Å². The van der Waals surface area contributed by atoms with E-state index in [4.69, 9.17) is 4.74 Å². The van der Waals surface area contributed by atoms with Gasteiger partial charge in [-0.2, -0.15) is 0 Å². The van der Waals surface area contributed by atoms with E-state index < -0.39 is 0 Å². The zero-order chi connectivity index (χ0) is 12.8. The van der Waals surface area contributed by atoms with E-state index in [9.17, 15) is 4.79 Å². The standard InChI is InChI=1S/C15H26O2/c1-10-6-7-11(8-10)13(16)12-9-14(2,3)17-15(12,4)5/h10-12H,6-9H2,1-5H3. The number of carbonyl (C=O) groups is 1. The Morgan fingerprint density at radius 3 is 2.24 bits per heavy atom. The molecule has 1 saturated heterocycles. The lowest BCUT2D eigenvalue weighted by atomic mass is 9.79. The first-order chi connectivity index (χ1) is 7.71. The lowest BCUT2D eigenvalue weighted by molar-refractivity contribution is -0.133. The Balaban J connectivity index is 2.09. The van der Waals surface area contributed by atoms with Crippen LogP contribution in [0, 0.1) is 17.8 Å². The highest BCUT2D eigenvalue weighted by Crippen LogP contribution is 2.45. The van der Waals surface area contributed by atoms with Gasteiger partial charge < -0.3 is 4.74 Å². The molecule has 0 aromatic heterocycles. The van der Waals surface area contributed by atoms with Gasteiger partial charge in [-0.25, -0.2) is 0 Å². The molecule has 0 amide bonds. The Hall–Kier alpha value is -0.370. The fourth-order valence-corrected chi connectivity index (χ4v) is 3.76. The molecule has 98 valence electrons. The van der Waals surface area contributed by atoms with Gasteiger partial charge in [-0.1, -0.05) is 6.92 Å². The smallest absolute Gasteiger partial charge is 0.142 e. The largest absolute Gasteiger partial charge is 0.369 e. The average Bonchev–Trinajstić information content (AvgIpc) is 2.66. The number of Topliss-reactive ketones (excluding diaryl/α,β-unsaturated/α-hetero) is 1. The Bertz CT molecular complexity index is 317. The summed E-state index contributed by atoms with van der Waals surface area (Å²) in [7, 11) is 0. The van der Waals surface area contributed by atoms with E-state index in [0.717, 1.165) is 25.2 Å². The highest BCUT2D eigenvalue weighted by atomic mass is 16.5. The van der Waals surface area contributed by atoms with Crippen LogP contribution in [-0.4, -0.2) is 17.0 Å². The first-order valence-electron chi connectivity index (χ1n) is 6.95. The second-order valence-electron chi connectivity index (χ2n) is 7.24. The van der Waals surface area contributed by atoms with Crippen molar-refractivity contribution in [1.82, 2.24) is 0 Å². The second-order valence-corrected chi connectivity index (χ2v) is 7.24. The lowest BCUT2D eigenvalue weighted by Gasteiger charge is -2.28. The molecule has 3 atom stereocenters. The maximum Gasteiger partial charge on any atom is 0.142 e. The Kier molecular flexibility index (Phi) is 3.14. The van der Waals surface area contributed by atoms with Crippen molar-refractivity contribution in [3.05, 3.63) is 0 Å². The maximum atomic E-state index is 12.6. The molecule has 1 heterocycles. The van der Waals surface area contributed by atoms with Gasteiger partial charge in [0.1, 0.15) is 5.78 Å². The Labute approximate surface area is 105 Å². The summed E-state index contributed by atoms with van der Waals surface area (Å²) in [5, 5.41) is 0. The van der Waals surface area contributed by atoms with E-state index in [1.807, 2.05) is 0 Å². The van der Waals surface area contributed by atoms with Crippen LogP contribution in [0.4, 0.5) is 0 Å². The van der Waals surface area contributed by atoms with Crippen LogP contribution in [0.15, 0.2) is 0 Å². The number of ether oxygens (including phenoxy) is 1. The number of carbonyl (C=O) groups excluding carboxylic acids is 1. The molecule has 2 rings (SSSR count). The van der Waals surface area contributed by atoms with Gasteiger partial charge in [0.2, 0.25) is 0 Å². The molecule has 1 saturated carbocycles. The van der Waals surface area contributed by atoms with E-state index >= 15 is 0 Å². The van der Waals surface area contributed by atoms with Crippen LogP contribution < -0.4 is 0 Å². The third kappa shape index (κ3) is 2.57. The van der Waals surface area contributed by atoms with E-state index in [1.54, 1.807) is 0 Å². The van der Waals surface area contributed by atoms with Crippen LogP contribution in [0.3, 0.4) is 0 Å². The van der Waals surface area contributed by atoms with Crippen molar-refractivity contribution < 1.29 is 9.53 Å². The predicted molar refractivity (Wildman–Crippen MR) is 68.9 cm³/mol. The number of rotatable bonds is 2. The molecule has 2 heteroatoms. The Morgan fingerprint density at radius 1 is 1.18 bits per heavy atom. The first kappa shape index (κ1) is 13.1. The van der Waals surface area contributed by atoms with E-state index in [2.05, 4.69) is 34.6 Å². The third-order valence-corrected chi connectivity index (χ3v) is 4.51. The van der Waals surface area contributed by atoms with Crippen LogP contribution >= 0.6 is 0 Å². The van der Waals surface area contributed by atoms with Gasteiger partial charge in [-0.15, -0.1) is 0 Å². The molecule has 2 nitrogen and oxygen atoms in total. The summed E-state index contributed by atoms with van der Waals surface area (Å²) in [5.74, 6) is 1.58. The molecule has 2 fully saturated rings. The fourth-order valence-electron chi connectivity index (χ4n) is 3.76. The van der Waals surface area contributed by atoms with Crippen LogP contribution in [0.1, 0.15) is 60.3 Å². The fraction of sp³-hybridized carbons (Fsp3) is 0.933. The van der Waals surface area contributed by atoms with Crippen molar-refractivity contribution in [3.63, 3.8) is 0 Å². The zero-order valence-electron chi connectivity index (χ0n) is 11.9. The van der Waals surface area contributed by atoms with Crippen molar-refractivity contribution in [2.45, 2.75) is 71.5 Å². The van der Waals surface area contributed by atoms with Gasteiger partial charge >= 0.3 is 0 Å². The molecular formula is C15H26O2. The molecule has 1 aliphatic heterocycles. The SMILES string of the molecule is CC1CCC(C(=O)C2CC(C)(C)OC2(C)C)C1. The summed E-state index contributed by atoms with van der Waals surface area (Å²) >= 11 is 0. The van der Waals surface area contributed by atoms with E-state index in [0.29, 0.717) is 11.7 Å². The summed E-state index contributed by atoms with van der Waals surface area (Å²) in [6.45, 7) is 10.6. The normalized spacial score (nSPS) is 39.5. The van der Waals surface area contributed by atoms with Gasteiger partial charge in [-0.05, 0) is 59.3 Å². The van der Waals surface area contributed by atoms with Crippen molar-refractivity contribution in [2.75, 3.05) is 0 Å². The van der Waals surface area contributed by atoms with Gasteiger partial charge in [0.05, 0.1) is 11.2 Å². The second kappa shape index (κ2) is 4.08. The minimum Gasteiger partial charge on any atom is -0.369 e. The van der Waals surface area contributed by atoms with Crippen LogP contribution in [0.25, 0.3) is 0 Å². The third-order valence-electron chi connectivity index (χ3n) is 4.51. The molecule has 0 radical (unpaired) electrons. The van der Waals surface area contributed by atoms with E-state index in [1.165, 1.54) is 6.42 Å². The molecule has 0 aromatic carbocycles. The summed E-state index contributed by atoms with van der Waals surface area (Å²) in [6.07, 6.45) is 4.27. The molecule has 1 aliphatic carbocycles. The topological polar surface area (TPSA) is 26.3 Å². The van der Waals surface area contributed by atoms with Crippen molar-refractivity contribution in [1.29, 1.82) is 0 Å². The minimum atomic E-state index is -0.285. The lowest BCUT2D eigenvalue weighted by Crippen LogP contribution is -2.36. The van der Waals surface area contributed by atoms with Gasteiger partial charge in [-0.3, -0.25) is 4.79 Å². The minimum absolute atomic E-state index is 0.0906. The Morgan fingerprint density at radius 2 is 1.82 bits per heavy atom. The molecule has 17 heavy (non-hydrogen) atoms. The predicted octanol–water partition coefficient (Wildman–Crippen LogP) is 3.59. The summed E-state index contributed by atoms with van der Waals surface area (Å²) in [6, 6.07) is 0. The van der Waals surface area contributed by atoms with E-state index in [-0.39, 0.29) is 17.1 Å². The van der Waals surface area contributed by atoms with Crippen LogP contribution in [-0.2, 0) is 9.53 Å². The number of ketones is 1. The summed E-state index contributed by atoms with van der Waals surface area (Å²) < 4.78 is 6.04. The van der Waals surface area contributed by atoms with Crippen molar-refractivity contribution >= 4 is 5.78 Å². The van der Waals surface area contributed by atoms with Crippen molar-refractivity contribution in [2.24, 2.45) is 17.8 Å². The summed E-state index contributed by atoms with van der Waals surface area (Å²) in [4.78, 5) is 12.6. The molecule has 0 bridgehead atoms. The highest BCUT2D eigenvalue weighted by molar-refractivity contribution is 5.85. The van der Waals surface area contributed by atoms with Crippen molar-refractivity contribution in [3.8, 4) is 0 Å². The maximum absolute atomic E-state index is 12.6. The molecule has 2 aliphatic rings. The monoisotopic (exact) mass is 238 g/mol. The average molecular weight is 238 g/mol. The number of hydrogen-bond donors (Lipinski definition) is 0. The molecular weight excluding hydrogens is 212 g/mol. The molecule has 3 unspecified atom stereocenters. The molecule has 0 spiro atoms. The molecule has 0 N–H and O–H groups in total. The van der Waals surface area contributed by atoms with Gasteiger partial charge in [0, 0.05) is 11.8 Å². The van der Waals surface area contributed by atoms with Crippen LogP contribution in [0.5, 0.6) is 0 Å². The first-order valence-corrected chi connectivity index (χ1v) is 6.95. The highest BCUT2D eigenvalue weighted by Gasteiger charge is 2.50. The number of hydrogen-bond acceptors (Lipinski definition) is 2. The van der Waals surface area contributed by atoms with Crippen LogP contribution in [0.2, 0.25) is 0 Å². The quantitative estimate of drug-likeness (QED) is 0.735.